The van der Waals surface area contributed by atoms with Crippen LogP contribution in [0.5, 0.6) is 0 Å². The van der Waals surface area contributed by atoms with Crippen LogP contribution in [0.2, 0.25) is 0 Å². The fourth-order valence-corrected chi connectivity index (χ4v) is 1.90. The summed E-state index contributed by atoms with van der Waals surface area (Å²) in [6, 6.07) is 10.1. The maximum absolute atomic E-state index is 11.4. The number of carbonyl (C=O) groups excluding carboxylic acids is 1. The van der Waals surface area contributed by atoms with Gasteiger partial charge < -0.3 is 14.3 Å². The minimum atomic E-state index is -0.403. The summed E-state index contributed by atoms with van der Waals surface area (Å²) in [4.78, 5) is 16.6. The Balaban J connectivity index is 1.61. The molecular formula is C15H19NO4. The number of rotatable bonds is 7. The summed E-state index contributed by atoms with van der Waals surface area (Å²) in [5, 5.41) is 3.73. The second-order valence-corrected chi connectivity index (χ2v) is 4.50. The lowest BCUT2D eigenvalue weighted by atomic mass is 10.2. The van der Waals surface area contributed by atoms with Gasteiger partial charge in [-0.2, -0.15) is 0 Å². The maximum atomic E-state index is 11.4. The molecule has 0 bridgehead atoms. The first kappa shape index (κ1) is 14.5. The second kappa shape index (κ2) is 7.65. The Hall–Kier alpha value is -1.88. The Kier molecular flexibility index (Phi) is 5.55. The van der Waals surface area contributed by atoms with Crippen molar-refractivity contribution in [2.75, 3.05) is 19.8 Å². The number of carbonyl (C=O) groups is 1. The van der Waals surface area contributed by atoms with E-state index in [-0.39, 0.29) is 6.10 Å². The standard InChI is InChI=1S/C15H19NO4/c1-2-19-15(17)14-10-13(20-16-14)11-18-9-8-12-6-4-3-5-7-12/h3-7,13H,2,8-11H2,1H3. The Bertz CT molecular complexity index is 458. The van der Waals surface area contributed by atoms with Gasteiger partial charge in [-0.15, -0.1) is 0 Å². The highest BCUT2D eigenvalue weighted by molar-refractivity contribution is 6.36. The van der Waals surface area contributed by atoms with Gasteiger partial charge in [-0.1, -0.05) is 35.5 Å². The minimum Gasteiger partial charge on any atom is -0.461 e. The molecule has 1 unspecified atom stereocenters. The van der Waals surface area contributed by atoms with Gasteiger partial charge in [-0.05, 0) is 18.9 Å². The molecule has 0 aromatic heterocycles. The first-order valence-corrected chi connectivity index (χ1v) is 6.81. The van der Waals surface area contributed by atoms with E-state index in [1.165, 1.54) is 5.56 Å². The van der Waals surface area contributed by atoms with Gasteiger partial charge in [0.15, 0.2) is 11.8 Å². The van der Waals surface area contributed by atoms with E-state index in [1.807, 2.05) is 18.2 Å². The van der Waals surface area contributed by atoms with Gasteiger partial charge in [-0.25, -0.2) is 4.79 Å². The third kappa shape index (κ3) is 4.35. The van der Waals surface area contributed by atoms with E-state index in [4.69, 9.17) is 14.3 Å². The summed E-state index contributed by atoms with van der Waals surface area (Å²) in [5.74, 6) is -0.403. The molecule has 0 saturated heterocycles. The molecule has 1 aromatic carbocycles. The summed E-state index contributed by atoms with van der Waals surface area (Å²) in [5.41, 5.74) is 1.58. The van der Waals surface area contributed by atoms with Gasteiger partial charge in [0.05, 0.1) is 19.8 Å². The third-order valence-electron chi connectivity index (χ3n) is 2.93. The van der Waals surface area contributed by atoms with Crippen LogP contribution in [0.4, 0.5) is 0 Å². The van der Waals surface area contributed by atoms with Crippen LogP contribution >= 0.6 is 0 Å². The number of hydrogen-bond donors (Lipinski definition) is 0. The summed E-state index contributed by atoms with van der Waals surface area (Å²) < 4.78 is 10.4. The normalized spacial score (nSPS) is 17.4. The summed E-state index contributed by atoms with van der Waals surface area (Å²) in [7, 11) is 0. The molecule has 20 heavy (non-hydrogen) atoms. The Morgan fingerprint density at radius 3 is 2.95 bits per heavy atom. The van der Waals surface area contributed by atoms with E-state index in [2.05, 4.69) is 17.3 Å². The first-order valence-electron chi connectivity index (χ1n) is 6.81. The number of nitrogens with zero attached hydrogens (tertiary/aromatic N) is 1. The van der Waals surface area contributed by atoms with Crippen LogP contribution in [0.25, 0.3) is 0 Å². The van der Waals surface area contributed by atoms with E-state index in [0.29, 0.717) is 32.0 Å². The van der Waals surface area contributed by atoms with Gasteiger partial charge >= 0.3 is 5.97 Å². The highest BCUT2D eigenvalue weighted by atomic mass is 16.7. The molecule has 1 heterocycles. The molecular weight excluding hydrogens is 258 g/mol. The van der Waals surface area contributed by atoms with Crippen molar-refractivity contribution in [1.82, 2.24) is 0 Å². The Labute approximate surface area is 118 Å². The highest BCUT2D eigenvalue weighted by Gasteiger charge is 2.26. The fourth-order valence-electron chi connectivity index (χ4n) is 1.90. The van der Waals surface area contributed by atoms with Gasteiger partial charge in [0, 0.05) is 6.42 Å². The molecule has 1 aliphatic rings. The van der Waals surface area contributed by atoms with Crippen LogP contribution in [-0.2, 0) is 25.5 Å². The van der Waals surface area contributed by atoms with Crippen molar-refractivity contribution in [2.24, 2.45) is 5.16 Å². The summed E-state index contributed by atoms with van der Waals surface area (Å²) >= 11 is 0. The van der Waals surface area contributed by atoms with Crippen molar-refractivity contribution < 1.29 is 19.1 Å². The Morgan fingerprint density at radius 2 is 2.20 bits per heavy atom. The monoisotopic (exact) mass is 277 g/mol. The van der Waals surface area contributed by atoms with Gasteiger partial charge in [0.2, 0.25) is 0 Å². The zero-order chi connectivity index (χ0) is 14.2. The van der Waals surface area contributed by atoms with E-state index < -0.39 is 5.97 Å². The number of ether oxygens (including phenoxy) is 2. The van der Waals surface area contributed by atoms with E-state index >= 15 is 0 Å². The zero-order valence-electron chi connectivity index (χ0n) is 11.6. The number of benzene rings is 1. The van der Waals surface area contributed by atoms with E-state index in [1.54, 1.807) is 6.92 Å². The van der Waals surface area contributed by atoms with Gasteiger partial charge in [0.1, 0.15) is 0 Å². The molecule has 1 aliphatic heterocycles. The summed E-state index contributed by atoms with van der Waals surface area (Å²) in [6.45, 7) is 3.16. The van der Waals surface area contributed by atoms with Crippen LogP contribution in [0.15, 0.2) is 35.5 Å². The predicted molar refractivity (Wildman–Crippen MR) is 74.5 cm³/mol. The van der Waals surface area contributed by atoms with E-state index in [9.17, 15) is 4.79 Å². The average Bonchev–Trinajstić information content (AvgIpc) is 2.94. The van der Waals surface area contributed by atoms with Crippen LogP contribution in [0, 0.1) is 0 Å². The number of esters is 1. The Morgan fingerprint density at radius 1 is 1.40 bits per heavy atom. The minimum absolute atomic E-state index is 0.190. The maximum Gasteiger partial charge on any atom is 0.356 e. The molecule has 5 nitrogen and oxygen atoms in total. The fraction of sp³-hybridized carbons (Fsp3) is 0.467. The number of hydrogen-bond acceptors (Lipinski definition) is 5. The molecule has 1 aromatic rings. The molecule has 0 radical (unpaired) electrons. The zero-order valence-corrected chi connectivity index (χ0v) is 11.6. The molecule has 108 valence electrons. The van der Waals surface area contributed by atoms with Gasteiger partial charge in [-0.3, -0.25) is 0 Å². The van der Waals surface area contributed by atoms with Crippen LogP contribution in [0.3, 0.4) is 0 Å². The molecule has 2 rings (SSSR count). The summed E-state index contributed by atoms with van der Waals surface area (Å²) in [6.07, 6.45) is 1.12. The molecule has 1 atom stereocenters. The highest BCUT2D eigenvalue weighted by Crippen LogP contribution is 2.12. The topological polar surface area (TPSA) is 57.1 Å². The smallest absolute Gasteiger partial charge is 0.356 e. The second-order valence-electron chi connectivity index (χ2n) is 4.50. The third-order valence-corrected chi connectivity index (χ3v) is 2.93. The predicted octanol–water partition coefficient (Wildman–Crippen LogP) is 1.95. The lowest BCUT2D eigenvalue weighted by molar-refractivity contribution is -0.135. The van der Waals surface area contributed by atoms with Crippen molar-refractivity contribution in [3.63, 3.8) is 0 Å². The molecule has 0 amide bonds. The molecule has 5 heteroatoms. The van der Waals surface area contributed by atoms with Crippen molar-refractivity contribution in [3.05, 3.63) is 35.9 Å². The van der Waals surface area contributed by atoms with Crippen molar-refractivity contribution >= 4 is 11.7 Å². The first-order chi connectivity index (χ1) is 9.79. The molecule has 0 spiro atoms. The molecule has 0 aliphatic carbocycles. The largest absolute Gasteiger partial charge is 0.461 e. The van der Waals surface area contributed by atoms with Crippen molar-refractivity contribution in [1.29, 1.82) is 0 Å². The average molecular weight is 277 g/mol. The van der Waals surface area contributed by atoms with Crippen molar-refractivity contribution in [3.8, 4) is 0 Å². The molecule has 0 fully saturated rings. The molecule has 0 N–H and O–H groups in total. The van der Waals surface area contributed by atoms with Gasteiger partial charge in [0.25, 0.3) is 0 Å². The lowest BCUT2D eigenvalue weighted by Crippen LogP contribution is -2.21. The van der Waals surface area contributed by atoms with Crippen LogP contribution in [0.1, 0.15) is 18.9 Å². The number of oxime groups is 1. The quantitative estimate of drug-likeness (QED) is 0.564. The molecule has 0 saturated carbocycles. The SMILES string of the molecule is CCOC(=O)C1=NOC(COCCc2ccccc2)C1. The van der Waals surface area contributed by atoms with Crippen LogP contribution in [-0.4, -0.2) is 37.6 Å². The van der Waals surface area contributed by atoms with Crippen LogP contribution < -0.4 is 0 Å². The van der Waals surface area contributed by atoms with E-state index in [0.717, 1.165) is 6.42 Å². The lowest BCUT2D eigenvalue weighted by Gasteiger charge is -2.09. The van der Waals surface area contributed by atoms with Crippen molar-refractivity contribution in [2.45, 2.75) is 25.9 Å².